The maximum atomic E-state index is 2.71. The van der Waals surface area contributed by atoms with E-state index >= 15 is 0 Å². The average Bonchev–Trinajstić information content (AvgIpc) is 2.41. The summed E-state index contributed by atoms with van der Waals surface area (Å²) >= 11 is 0. The van der Waals surface area contributed by atoms with Crippen molar-refractivity contribution < 1.29 is 0 Å². The molecule has 0 aliphatic carbocycles. The van der Waals surface area contributed by atoms with Gasteiger partial charge in [-0.2, -0.15) is 0 Å². The number of hydrogen-bond acceptors (Lipinski definition) is 2. The monoisotopic (exact) mass is 258 g/mol. The van der Waals surface area contributed by atoms with Crippen LogP contribution in [0.5, 0.6) is 0 Å². The van der Waals surface area contributed by atoms with E-state index in [0.29, 0.717) is 6.04 Å². The van der Waals surface area contributed by atoms with Gasteiger partial charge in [0.05, 0.1) is 0 Å². The van der Waals surface area contributed by atoms with Crippen molar-refractivity contribution in [2.45, 2.75) is 52.1 Å². The van der Waals surface area contributed by atoms with Crippen LogP contribution in [0.3, 0.4) is 0 Å². The number of benzene rings is 1. The molecule has 104 valence electrons. The molecule has 0 amide bonds. The molecule has 0 saturated carbocycles. The van der Waals surface area contributed by atoms with Crippen LogP contribution in [-0.4, -0.2) is 36.6 Å². The third-order valence-electron chi connectivity index (χ3n) is 5.01. The quantitative estimate of drug-likeness (QED) is 0.762. The predicted molar refractivity (Wildman–Crippen MR) is 81.9 cm³/mol. The van der Waals surface area contributed by atoms with Crippen LogP contribution >= 0.6 is 0 Å². The summed E-state index contributed by atoms with van der Waals surface area (Å²) in [6.45, 7) is 10.6. The third kappa shape index (κ3) is 2.51. The first-order valence-electron chi connectivity index (χ1n) is 7.73. The van der Waals surface area contributed by atoms with Gasteiger partial charge in [0, 0.05) is 30.9 Å². The molecule has 2 aliphatic rings. The van der Waals surface area contributed by atoms with Crippen LogP contribution in [0.1, 0.15) is 37.3 Å². The molecular weight excluding hydrogens is 232 g/mol. The Hall–Kier alpha value is -1.02. The molecule has 2 fully saturated rings. The summed E-state index contributed by atoms with van der Waals surface area (Å²) in [5, 5.41) is 0. The van der Waals surface area contributed by atoms with Crippen molar-refractivity contribution in [1.29, 1.82) is 0 Å². The second kappa shape index (κ2) is 5.16. The van der Waals surface area contributed by atoms with Crippen LogP contribution in [0.2, 0.25) is 0 Å². The Labute approximate surface area is 117 Å². The van der Waals surface area contributed by atoms with Gasteiger partial charge in [-0.05, 0) is 63.4 Å². The zero-order chi connectivity index (χ0) is 13.4. The van der Waals surface area contributed by atoms with Gasteiger partial charge < -0.3 is 4.90 Å². The lowest BCUT2D eigenvalue weighted by Gasteiger charge is -2.48. The smallest absolute Gasteiger partial charge is 0.0389 e. The average molecular weight is 258 g/mol. The van der Waals surface area contributed by atoms with E-state index in [-0.39, 0.29) is 0 Å². The number of hydrogen-bond donors (Lipinski definition) is 0. The Balaban J connectivity index is 1.81. The molecule has 2 heterocycles. The molecule has 0 N–H and O–H groups in total. The zero-order valence-electron chi connectivity index (χ0n) is 12.5. The van der Waals surface area contributed by atoms with Crippen LogP contribution in [0.25, 0.3) is 0 Å². The maximum absolute atomic E-state index is 2.71. The van der Waals surface area contributed by atoms with Crippen molar-refractivity contribution in [2.75, 3.05) is 24.5 Å². The molecule has 1 aromatic carbocycles. The summed E-state index contributed by atoms with van der Waals surface area (Å²) < 4.78 is 0. The first-order chi connectivity index (χ1) is 9.15. The Morgan fingerprint density at radius 1 is 1.05 bits per heavy atom. The van der Waals surface area contributed by atoms with E-state index in [1.54, 1.807) is 0 Å². The van der Waals surface area contributed by atoms with Crippen molar-refractivity contribution in [1.82, 2.24) is 4.90 Å². The molecular formula is C17H26N2. The second-order valence-electron chi connectivity index (χ2n) is 6.41. The van der Waals surface area contributed by atoms with Gasteiger partial charge >= 0.3 is 0 Å². The fourth-order valence-electron chi connectivity index (χ4n) is 3.62. The molecule has 0 aromatic heterocycles. The summed E-state index contributed by atoms with van der Waals surface area (Å²) in [5.74, 6) is 0. The minimum absolute atomic E-state index is 0.636. The number of anilines is 1. The van der Waals surface area contributed by atoms with Crippen molar-refractivity contribution in [3.8, 4) is 0 Å². The molecule has 2 saturated heterocycles. The van der Waals surface area contributed by atoms with Crippen molar-refractivity contribution >= 4 is 5.69 Å². The minimum Gasteiger partial charge on any atom is -0.366 e. The predicted octanol–water partition coefficient (Wildman–Crippen LogP) is 3.37. The number of piperazine rings is 1. The molecule has 2 unspecified atom stereocenters. The molecule has 0 bridgehead atoms. The fraction of sp³-hybridized carbons (Fsp3) is 0.647. The Morgan fingerprint density at radius 3 is 2.68 bits per heavy atom. The molecule has 2 heteroatoms. The highest BCUT2D eigenvalue weighted by atomic mass is 15.3. The van der Waals surface area contributed by atoms with E-state index in [1.807, 2.05) is 0 Å². The van der Waals surface area contributed by atoms with E-state index in [2.05, 4.69) is 48.8 Å². The summed E-state index contributed by atoms with van der Waals surface area (Å²) in [6, 6.07) is 8.36. The molecule has 1 aromatic rings. The highest BCUT2D eigenvalue weighted by Crippen LogP contribution is 2.29. The lowest BCUT2D eigenvalue weighted by molar-refractivity contribution is 0.115. The summed E-state index contributed by atoms with van der Waals surface area (Å²) in [7, 11) is 0. The Morgan fingerprint density at radius 2 is 1.89 bits per heavy atom. The minimum atomic E-state index is 0.636. The highest BCUT2D eigenvalue weighted by Gasteiger charge is 2.32. The van der Waals surface area contributed by atoms with Gasteiger partial charge in [0.1, 0.15) is 0 Å². The normalized spacial score (nSPS) is 28.3. The topological polar surface area (TPSA) is 6.48 Å². The highest BCUT2D eigenvalue weighted by molar-refractivity contribution is 5.52. The van der Waals surface area contributed by atoms with Crippen molar-refractivity contribution in [3.63, 3.8) is 0 Å². The Kier molecular flexibility index (Phi) is 3.53. The van der Waals surface area contributed by atoms with E-state index in [4.69, 9.17) is 0 Å². The Bertz CT molecular complexity index is 455. The lowest BCUT2D eigenvalue weighted by Crippen LogP contribution is -2.58. The van der Waals surface area contributed by atoms with E-state index in [0.717, 1.165) is 6.04 Å². The SMILES string of the molecule is Cc1ccc(N2CC3CCCCN3CC2C)cc1C. The maximum Gasteiger partial charge on any atom is 0.0389 e. The first-order valence-corrected chi connectivity index (χ1v) is 7.73. The third-order valence-corrected chi connectivity index (χ3v) is 5.01. The van der Waals surface area contributed by atoms with Crippen LogP contribution < -0.4 is 4.90 Å². The van der Waals surface area contributed by atoms with Crippen LogP contribution in [0.15, 0.2) is 18.2 Å². The molecule has 0 spiro atoms. The lowest BCUT2D eigenvalue weighted by atomic mass is 9.96. The number of piperidine rings is 1. The molecule has 2 atom stereocenters. The first kappa shape index (κ1) is 13.0. The molecule has 0 radical (unpaired) electrons. The van der Waals surface area contributed by atoms with E-state index in [9.17, 15) is 0 Å². The summed E-state index contributed by atoms with van der Waals surface area (Å²) in [6.07, 6.45) is 4.19. The largest absolute Gasteiger partial charge is 0.366 e. The number of nitrogens with zero attached hydrogens (tertiary/aromatic N) is 2. The van der Waals surface area contributed by atoms with Crippen molar-refractivity contribution in [2.24, 2.45) is 0 Å². The number of fused-ring (bicyclic) bond motifs is 1. The van der Waals surface area contributed by atoms with Gasteiger partial charge in [0.2, 0.25) is 0 Å². The summed E-state index contributed by atoms with van der Waals surface area (Å²) in [5.41, 5.74) is 4.23. The molecule has 2 nitrogen and oxygen atoms in total. The standard InChI is InChI=1S/C17H26N2/c1-13-7-8-16(10-14(13)2)19-12-17-6-4-5-9-18(17)11-15(19)3/h7-8,10,15,17H,4-6,9,11-12H2,1-3H3. The molecule has 3 rings (SSSR count). The number of aryl methyl sites for hydroxylation is 2. The van der Waals surface area contributed by atoms with Gasteiger partial charge in [-0.25, -0.2) is 0 Å². The van der Waals surface area contributed by atoms with Crippen molar-refractivity contribution in [3.05, 3.63) is 29.3 Å². The molecule has 2 aliphatic heterocycles. The summed E-state index contributed by atoms with van der Waals surface area (Å²) in [4.78, 5) is 5.34. The van der Waals surface area contributed by atoms with E-state index in [1.165, 1.54) is 55.7 Å². The van der Waals surface area contributed by atoms with E-state index < -0.39 is 0 Å². The van der Waals surface area contributed by atoms with Gasteiger partial charge in [-0.1, -0.05) is 12.5 Å². The van der Waals surface area contributed by atoms with Crippen LogP contribution in [0.4, 0.5) is 5.69 Å². The van der Waals surface area contributed by atoms with Crippen LogP contribution in [0, 0.1) is 13.8 Å². The van der Waals surface area contributed by atoms with Gasteiger partial charge in [0.15, 0.2) is 0 Å². The van der Waals surface area contributed by atoms with Gasteiger partial charge in [-0.15, -0.1) is 0 Å². The zero-order valence-corrected chi connectivity index (χ0v) is 12.5. The van der Waals surface area contributed by atoms with Crippen LogP contribution in [-0.2, 0) is 0 Å². The fourth-order valence-corrected chi connectivity index (χ4v) is 3.62. The van der Waals surface area contributed by atoms with Gasteiger partial charge in [-0.3, -0.25) is 4.90 Å². The number of rotatable bonds is 1. The van der Waals surface area contributed by atoms with Gasteiger partial charge in [0.25, 0.3) is 0 Å². The second-order valence-corrected chi connectivity index (χ2v) is 6.41. The molecule has 19 heavy (non-hydrogen) atoms.